The number of carboxylic acid groups (broad SMARTS) is 1. The molecule has 0 saturated heterocycles. The first-order chi connectivity index (χ1) is 8.06. The van der Waals surface area contributed by atoms with Crippen LogP contribution < -0.4 is 5.32 Å². The molecule has 1 heterocycles. The maximum atomic E-state index is 10.6. The molecule has 0 aromatic carbocycles. The highest BCUT2D eigenvalue weighted by molar-refractivity contribution is 5.85. The van der Waals surface area contributed by atoms with Crippen LogP contribution in [-0.4, -0.2) is 45.2 Å². The Morgan fingerprint density at radius 1 is 1.53 bits per heavy atom. The predicted molar refractivity (Wildman–Crippen MR) is 57.5 cm³/mol. The molecule has 0 unspecified atom stereocenters. The highest BCUT2D eigenvalue weighted by atomic mass is 16.5. The van der Waals surface area contributed by atoms with Gasteiger partial charge in [-0.2, -0.15) is 0 Å². The van der Waals surface area contributed by atoms with Crippen LogP contribution in [0.4, 0.5) is 0 Å². The van der Waals surface area contributed by atoms with Crippen molar-refractivity contribution in [2.75, 3.05) is 13.2 Å². The molecule has 0 aliphatic carbocycles. The number of aliphatic hydroxyl groups is 2. The van der Waals surface area contributed by atoms with Gasteiger partial charge in [0.05, 0.1) is 25.3 Å². The van der Waals surface area contributed by atoms with Gasteiger partial charge >= 0.3 is 5.97 Å². The topological polar surface area (TPSA) is 116 Å². The van der Waals surface area contributed by atoms with Gasteiger partial charge in [0.2, 0.25) is 0 Å². The molecule has 1 rings (SSSR count). The first-order valence-electron chi connectivity index (χ1n) is 5.22. The van der Waals surface area contributed by atoms with Crippen molar-refractivity contribution in [3.63, 3.8) is 0 Å². The van der Waals surface area contributed by atoms with Crippen molar-refractivity contribution < 1.29 is 24.6 Å². The fraction of sp³-hybridized carbons (Fsp3) is 0.600. The zero-order chi connectivity index (χ0) is 12.9. The Morgan fingerprint density at radius 3 is 2.59 bits per heavy atom. The number of carboxylic acids is 1. The zero-order valence-corrected chi connectivity index (χ0v) is 9.51. The van der Waals surface area contributed by atoms with Crippen LogP contribution >= 0.6 is 0 Å². The summed E-state index contributed by atoms with van der Waals surface area (Å²) < 4.78 is 4.80. The average molecular weight is 244 g/mol. The molecule has 1 aromatic heterocycles. The summed E-state index contributed by atoms with van der Waals surface area (Å²) in [7, 11) is 0. The molecule has 0 aliphatic heterocycles. The highest BCUT2D eigenvalue weighted by Gasteiger charge is 2.26. The lowest BCUT2D eigenvalue weighted by Crippen LogP contribution is -2.50. The van der Waals surface area contributed by atoms with Crippen LogP contribution in [0.2, 0.25) is 0 Å². The normalized spacial score (nSPS) is 11.7. The molecule has 17 heavy (non-hydrogen) atoms. The molecule has 7 heteroatoms. The standard InChI is InChI=1S/C10H16N2O5/c1-2-10(5-13,6-14)11-4-7-3-8(9(15)16)12-17-7/h3,11,13-14H,2,4-6H2,1H3,(H,15,16). The van der Waals surface area contributed by atoms with Crippen LogP contribution in [0.15, 0.2) is 10.6 Å². The molecule has 0 spiro atoms. The SMILES string of the molecule is CCC(CO)(CO)NCc1cc(C(=O)O)no1. The van der Waals surface area contributed by atoms with Gasteiger partial charge in [-0.1, -0.05) is 12.1 Å². The van der Waals surface area contributed by atoms with Gasteiger partial charge in [-0.15, -0.1) is 0 Å². The van der Waals surface area contributed by atoms with E-state index in [9.17, 15) is 15.0 Å². The summed E-state index contributed by atoms with van der Waals surface area (Å²) in [4.78, 5) is 10.6. The summed E-state index contributed by atoms with van der Waals surface area (Å²) in [6, 6.07) is 1.30. The molecule has 4 N–H and O–H groups in total. The second-order valence-electron chi connectivity index (χ2n) is 3.79. The largest absolute Gasteiger partial charge is 0.476 e. The molecule has 0 aliphatic rings. The summed E-state index contributed by atoms with van der Waals surface area (Å²) in [6.45, 7) is 1.57. The molecular formula is C10H16N2O5. The Hall–Kier alpha value is -1.44. The summed E-state index contributed by atoms with van der Waals surface area (Å²) in [5.74, 6) is -0.826. The number of nitrogens with zero attached hydrogens (tertiary/aromatic N) is 1. The van der Waals surface area contributed by atoms with E-state index in [1.807, 2.05) is 6.92 Å². The van der Waals surface area contributed by atoms with E-state index >= 15 is 0 Å². The number of nitrogens with one attached hydrogen (secondary N) is 1. The highest BCUT2D eigenvalue weighted by Crippen LogP contribution is 2.11. The fourth-order valence-corrected chi connectivity index (χ4v) is 1.28. The van der Waals surface area contributed by atoms with E-state index in [-0.39, 0.29) is 25.5 Å². The van der Waals surface area contributed by atoms with Crippen LogP contribution in [0.25, 0.3) is 0 Å². The minimum Gasteiger partial charge on any atom is -0.476 e. The van der Waals surface area contributed by atoms with Gasteiger partial charge in [0.15, 0.2) is 11.5 Å². The van der Waals surface area contributed by atoms with Crippen molar-refractivity contribution in [3.05, 3.63) is 17.5 Å². The van der Waals surface area contributed by atoms with Crippen molar-refractivity contribution in [3.8, 4) is 0 Å². The maximum Gasteiger partial charge on any atom is 0.358 e. The number of aliphatic hydroxyl groups excluding tert-OH is 2. The van der Waals surface area contributed by atoms with Gasteiger partial charge < -0.3 is 25.2 Å². The zero-order valence-electron chi connectivity index (χ0n) is 9.51. The Bertz CT molecular complexity index is 364. The summed E-state index contributed by atoms with van der Waals surface area (Å²) in [6.07, 6.45) is 0.528. The lowest BCUT2D eigenvalue weighted by Gasteiger charge is -2.29. The quantitative estimate of drug-likeness (QED) is 0.515. The third-order valence-electron chi connectivity index (χ3n) is 2.70. The number of hydrogen-bond donors (Lipinski definition) is 4. The lowest BCUT2D eigenvalue weighted by molar-refractivity contribution is 0.0685. The number of carbonyl (C=O) groups is 1. The molecular weight excluding hydrogens is 228 g/mol. The summed E-state index contributed by atoms with van der Waals surface area (Å²) in [5, 5.41) is 33.3. The van der Waals surface area contributed by atoms with Gasteiger partial charge in [0.25, 0.3) is 0 Å². The summed E-state index contributed by atoms with van der Waals surface area (Å²) in [5.41, 5.74) is -0.965. The molecule has 1 aromatic rings. The van der Waals surface area contributed by atoms with Crippen molar-refractivity contribution >= 4 is 5.97 Å². The first-order valence-corrected chi connectivity index (χ1v) is 5.22. The smallest absolute Gasteiger partial charge is 0.358 e. The second-order valence-corrected chi connectivity index (χ2v) is 3.79. The molecule has 0 bridgehead atoms. The van der Waals surface area contributed by atoms with Gasteiger partial charge in [-0.3, -0.25) is 0 Å². The van der Waals surface area contributed by atoms with Crippen molar-refractivity contribution in [1.82, 2.24) is 10.5 Å². The van der Waals surface area contributed by atoms with Crippen molar-refractivity contribution in [2.45, 2.75) is 25.4 Å². The predicted octanol–water partition coefficient (Wildman–Crippen LogP) is -0.404. The monoisotopic (exact) mass is 244 g/mol. The average Bonchev–Trinajstić information content (AvgIpc) is 2.81. The lowest BCUT2D eigenvalue weighted by atomic mass is 9.98. The molecule has 7 nitrogen and oxygen atoms in total. The van der Waals surface area contributed by atoms with Gasteiger partial charge in [0, 0.05) is 6.07 Å². The molecule has 0 fully saturated rings. The van der Waals surface area contributed by atoms with Crippen LogP contribution in [0, 0.1) is 0 Å². The van der Waals surface area contributed by atoms with Crippen LogP contribution in [0.5, 0.6) is 0 Å². The minimum atomic E-state index is -1.16. The Balaban J connectivity index is 2.62. The van der Waals surface area contributed by atoms with Gasteiger partial charge in [0.1, 0.15) is 0 Å². The Labute approximate surface area is 98.0 Å². The minimum absolute atomic E-state index is 0.170. The molecule has 0 amide bonds. The maximum absolute atomic E-state index is 10.6. The van der Waals surface area contributed by atoms with Crippen LogP contribution in [-0.2, 0) is 6.54 Å². The molecule has 96 valence electrons. The fourth-order valence-electron chi connectivity index (χ4n) is 1.28. The summed E-state index contributed by atoms with van der Waals surface area (Å²) >= 11 is 0. The van der Waals surface area contributed by atoms with Gasteiger partial charge in [-0.05, 0) is 6.42 Å². The third kappa shape index (κ3) is 3.26. The van der Waals surface area contributed by atoms with E-state index < -0.39 is 11.5 Å². The van der Waals surface area contributed by atoms with E-state index in [0.717, 1.165) is 0 Å². The number of aromatic nitrogens is 1. The number of rotatable bonds is 7. The van der Waals surface area contributed by atoms with E-state index in [1.165, 1.54) is 6.07 Å². The van der Waals surface area contributed by atoms with E-state index in [2.05, 4.69) is 10.5 Å². The van der Waals surface area contributed by atoms with Gasteiger partial charge in [-0.25, -0.2) is 4.79 Å². The van der Waals surface area contributed by atoms with E-state index in [0.29, 0.717) is 12.2 Å². The van der Waals surface area contributed by atoms with Crippen molar-refractivity contribution in [1.29, 1.82) is 0 Å². The Kier molecular flexibility index (Phi) is 4.62. The van der Waals surface area contributed by atoms with E-state index in [4.69, 9.17) is 9.63 Å². The second kappa shape index (κ2) is 5.76. The van der Waals surface area contributed by atoms with Crippen LogP contribution in [0.3, 0.4) is 0 Å². The first kappa shape index (κ1) is 13.6. The third-order valence-corrected chi connectivity index (χ3v) is 2.70. The molecule has 0 atom stereocenters. The number of hydrogen-bond acceptors (Lipinski definition) is 6. The van der Waals surface area contributed by atoms with Crippen molar-refractivity contribution in [2.24, 2.45) is 0 Å². The van der Waals surface area contributed by atoms with Crippen LogP contribution in [0.1, 0.15) is 29.6 Å². The number of aromatic carboxylic acids is 1. The molecule has 0 saturated carbocycles. The van der Waals surface area contributed by atoms with E-state index in [1.54, 1.807) is 0 Å². The molecule has 0 radical (unpaired) electrons. The Morgan fingerprint density at radius 2 is 2.18 bits per heavy atom.